The molecule has 2 aromatic carbocycles. The van der Waals surface area contributed by atoms with E-state index in [1.54, 1.807) is 24.4 Å². The van der Waals surface area contributed by atoms with Gasteiger partial charge in [0.2, 0.25) is 0 Å². The monoisotopic (exact) mass is 408 g/mol. The van der Waals surface area contributed by atoms with Crippen LogP contribution in [0.25, 0.3) is 11.3 Å². The maximum atomic E-state index is 12.5. The molecule has 0 radical (unpaired) electrons. The highest BCUT2D eigenvalue weighted by Gasteiger charge is 2.28. The van der Waals surface area contributed by atoms with Crippen molar-refractivity contribution in [1.82, 2.24) is 4.98 Å². The molecule has 1 N–H and O–H groups in total. The van der Waals surface area contributed by atoms with E-state index in [4.69, 9.17) is 27.6 Å². The summed E-state index contributed by atoms with van der Waals surface area (Å²) in [4.78, 5) is 4.41. The van der Waals surface area contributed by atoms with Gasteiger partial charge in [0.25, 0.3) is 10.0 Å². The van der Waals surface area contributed by atoms with Gasteiger partial charge in [-0.25, -0.2) is 13.4 Å². The average molecular weight is 409 g/mol. The second-order valence-corrected chi connectivity index (χ2v) is 8.59. The predicted octanol–water partition coefficient (Wildman–Crippen LogP) is 5.33. The summed E-state index contributed by atoms with van der Waals surface area (Å²) < 4.78 is 33.3. The molecule has 1 saturated carbocycles. The van der Waals surface area contributed by atoms with E-state index >= 15 is 0 Å². The summed E-state index contributed by atoms with van der Waals surface area (Å²) in [5, 5.41) is 0.635. The minimum Gasteiger partial charge on any atom is -0.440 e. The molecule has 26 heavy (non-hydrogen) atoms. The number of nitrogens with zero attached hydrogens (tertiary/aromatic N) is 1. The molecule has 1 aromatic heterocycles. The number of anilines is 1. The Morgan fingerprint density at radius 2 is 1.77 bits per heavy atom. The number of sulfonamides is 1. The van der Waals surface area contributed by atoms with Crippen molar-refractivity contribution in [2.24, 2.45) is 0 Å². The smallest absolute Gasteiger partial charge is 0.261 e. The second kappa shape index (κ2) is 6.61. The molecule has 8 heteroatoms. The van der Waals surface area contributed by atoms with Crippen molar-refractivity contribution in [2.75, 3.05) is 4.72 Å². The zero-order chi connectivity index (χ0) is 18.3. The van der Waals surface area contributed by atoms with Crippen LogP contribution in [0.4, 0.5) is 5.69 Å². The Morgan fingerprint density at radius 1 is 1.04 bits per heavy atom. The number of benzene rings is 2. The van der Waals surface area contributed by atoms with Gasteiger partial charge in [-0.1, -0.05) is 23.2 Å². The minimum atomic E-state index is -3.74. The molecule has 0 atom stereocenters. The zero-order valence-electron chi connectivity index (χ0n) is 13.4. The highest BCUT2D eigenvalue weighted by Crippen LogP contribution is 2.40. The lowest BCUT2D eigenvalue weighted by molar-refractivity contribution is 0.509. The van der Waals surface area contributed by atoms with E-state index in [-0.39, 0.29) is 9.92 Å². The summed E-state index contributed by atoms with van der Waals surface area (Å²) >= 11 is 11.8. The van der Waals surface area contributed by atoms with Crippen LogP contribution in [-0.4, -0.2) is 13.4 Å². The lowest BCUT2D eigenvalue weighted by atomic mass is 10.2. The van der Waals surface area contributed by atoms with Crippen LogP contribution < -0.4 is 4.72 Å². The third kappa shape index (κ3) is 3.58. The van der Waals surface area contributed by atoms with E-state index in [2.05, 4.69) is 9.71 Å². The van der Waals surface area contributed by atoms with Crippen LogP contribution in [-0.2, 0) is 10.0 Å². The van der Waals surface area contributed by atoms with E-state index < -0.39 is 10.0 Å². The Morgan fingerprint density at radius 3 is 2.42 bits per heavy atom. The third-order valence-corrected chi connectivity index (χ3v) is 6.21. The molecule has 134 valence electrons. The quantitative estimate of drug-likeness (QED) is 0.619. The van der Waals surface area contributed by atoms with E-state index in [9.17, 15) is 8.42 Å². The number of nitrogens with one attached hydrogen (secondary N) is 1. The highest BCUT2D eigenvalue weighted by molar-refractivity contribution is 7.92. The van der Waals surface area contributed by atoms with Crippen LogP contribution >= 0.6 is 23.2 Å². The van der Waals surface area contributed by atoms with Crippen molar-refractivity contribution in [3.8, 4) is 11.3 Å². The van der Waals surface area contributed by atoms with Crippen molar-refractivity contribution in [2.45, 2.75) is 23.7 Å². The van der Waals surface area contributed by atoms with Gasteiger partial charge in [0, 0.05) is 11.5 Å². The van der Waals surface area contributed by atoms with Crippen molar-refractivity contribution in [3.63, 3.8) is 0 Å². The molecule has 1 fully saturated rings. The summed E-state index contributed by atoms with van der Waals surface area (Å²) in [6, 6.07) is 11.0. The molecular weight excluding hydrogens is 395 g/mol. The molecule has 0 aliphatic heterocycles. The van der Waals surface area contributed by atoms with Crippen LogP contribution in [0.2, 0.25) is 10.0 Å². The van der Waals surface area contributed by atoms with Crippen LogP contribution in [0.3, 0.4) is 0 Å². The number of hydrogen-bond donors (Lipinski definition) is 1. The molecule has 0 saturated heterocycles. The van der Waals surface area contributed by atoms with Crippen molar-refractivity contribution < 1.29 is 12.8 Å². The first-order valence-electron chi connectivity index (χ1n) is 7.96. The second-order valence-electron chi connectivity index (χ2n) is 6.10. The van der Waals surface area contributed by atoms with Crippen LogP contribution in [0.5, 0.6) is 0 Å². The maximum absolute atomic E-state index is 12.5. The van der Waals surface area contributed by atoms with Crippen molar-refractivity contribution in [1.29, 1.82) is 0 Å². The fourth-order valence-electron chi connectivity index (χ4n) is 2.51. The van der Waals surface area contributed by atoms with Crippen LogP contribution in [0.1, 0.15) is 24.7 Å². The standard InChI is InChI=1S/C18H14Cl2N2O3S/c19-15-8-5-13(9-16(15)20)22-26(23,24)14-6-3-11(4-7-14)17-10-21-18(25-17)12-1-2-12/h3-10,12,22H,1-2H2. The summed E-state index contributed by atoms with van der Waals surface area (Å²) in [6.07, 6.45) is 3.89. The van der Waals surface area contributed by atoms with Crippen LogP contribution in [0, 0.1) is 0 Å². The number of hydrogen-bond acceptors (Lipinski definition) is 4. The Balaban J connectivity index is 1.55. The summed E-state index contributed by atoms with van der Waals surface area (Å²) in [5.74, 6) is 1.81. The van der Waals surface area contributed by atoms with Crippen LogP contribution in [0.15, 0.2) is 58.0 Å². The first-order chi connectivity index (χ1) is 12.4. The van der Waals surface area contributed by atoms with Gasteiger partial charge in [-0.05, 0) is 55.3 Å². The fourth-order valence-corrected chi connectivity index (χ4v) is 3.86. The van der Waals surface area contributed by atoms with Gasteiger partial charge >= 0.3 is 0 Å². The van der Waals surface area contributed by atoms with E-state index in [0.717, 1.165) is 24.3 Å². The average Bonchev–Trinajstić information content (AvgIpc) is 3.35. The zero-order valence-corrected chi connectivity index (χ0v) is 15.8. The molecule has 1 aliphatic rings. The van der Waals surface area contributed by atoms with Gasteiger partial charge in [-0.3, -0.25) is 4.72 Å². The van der Waals surface area contributed by atoms with E-state index in [0.29, 0.717) is 22.4 Å². The summed E-state index contributed by atoms with van der Waals surface area (Å²) in [7, 11) is -3.74. The normalized spacial score (nSPS) is 14.4. The Bertz CT molecular complexity index is 1060. The molecule has 5 nitrogen and oxygen atoms in total. The predicted molar refractivity (Wildman–Crippen MR) is 101 cm³/mol. The Labute approximate surface area is 161 Å². The molecule has 0 amide bonds. The Kier molecular flexibility index (Phi) is 4.42. The Hall–Kier alpha value is -2.02. The number of halogens is 2. The van der Waals surface area contributed by atoms with Gasteiger partial charge in [-0.15, -0.1) is 0 Å². The van der Waals surface area contributed by atoms with E-state index in [1.807, 2.05) is 0 Å². The molecule has 4 rings (SSSR count). The van der Waals surface area contributed by atoms with Gasteiger partial charge in [0.05, 0.1) is 26.8 Å². The molecule has 0 bridgehead atoms. The first kappa shape index (κ1) is 17.4. The molecule has 0 unspecified atom stereocenters. The maximum Gasteiger partial charge on any atom is 0.261 e. The molecule has 0 spiro atoms. The van der Waals surface area contributed by atoms with Gasteiger partial charge in [0.1, 0.15) is 0 Å². The SMILES string of the molecule is O=S(=O)(Nc1ccc(Cl)c(Cl)c1)c1ccc(-c2cnc(C3CC3)o2)cc1. The summed E-state index contributed by atoms with van der Waals surface area (Å²) in [5.41, 5.74) is 1.12. The summed E-state index contributed by atoms with van der Waals surface area (Å²) in [6.45, 7) is 0. The van der Waals surface area contributed by atoms with Crippen molar-refractivity contribution >= 4 is 38.9 Å². The van der Waals surface area contributed by atoms with Gasteiger partial charge in [-0.2, -0.15) is 0 Å². The van der Waals surface area contributed by atoms with Gasteiger partial charge in [0.15, 0.2) is 11.7 Å². The lowest BCUT2D eigenvalue weighted by Crippen LogP contribution is -2.12. The number of aromatic nitrogens is 1. The van der Waals surface area contributed by atoms with Crippen molar-refractivity contribution in [3.05, 3.63) is 64.6 Å². The topological polar surface area (TPSA) is 72.2 Å². The number of rotatable bonds is 5. The first-order valence-corrected chi connectivity index (χ1v) is 10.2. The fraction of sp³-hybridized carbons (Fsp3) is 0.167. The highest BCUT2D eigenvalue weighted by atomic mass is 35.5. The largest absolute Gasteiger partial charge is 0.440 e. The third-order valence-electron chi connectivity index (χ3n) is 4.07. The molecule has 3 aromatic rings. The molecule has 1 aliphatic carbocycles. The van der Waals surface area contributed by atoms with E-state index in [1.165, 1.54) is 24.3 Å². The van der Waals surface area contributed by atoms with Gasteiger partial charge < -0.3 is 4.42 Å². The molecular formula is C18H14Cl2N2O3S. The lowest BCUT2D eigenvalue weighted by Gasteiger charge is -2.09. The minimum absolute atomic E-state index is 0.134. The molecule has 1 heterocycles. The number of oxazole rings is 1.